The molecule has 2 aliphatic rings. The summed E-state index contributed by atoms with van der Waals surface area (Å²) in [6, 6.07) is 0.782. The maximum absolute atomic E-state index is 5.74. The minimum atomic E-state index is 0.782. The molecule has 0 saturated heterocycles. The van der Waals surface area contributed by atoms with Crippen LogP contribution in [0.2, 0.25) is 0 Å². The summed E-state index contributed by atoms with van der Waals surface area (Å²) in [5, 5.41) is 3.69. The summed E-state index contributed by atoms with van der Waals surface area (Å²) in [7, 11) is 0. The number of rotatable bonds is 8. The third-order valence-electron chi connectivity index (χ3n) is 4.00. The van der Waals surface area contributed by atoms with Gasteiger partial charge in [-0.2, -0.15) is 0 Å². The van der Waals surface area contributed by atoms with E-state index in [0.717, 1.165) is 31.1 Å². The lowest BCUT2D eigenvalue weighted by Gasteiger charge is -2.20. The van der Waals surface area contributed by atoms with Gasteiger partial charge in [0, 0.05) is 19.3 Å². The summed E-state index contributed by atoms with van der Waals surface area (Å²) in [6.07, 6.45) is 9.54. The van der Waals surface area contributed by atoms with Gasteiger partial charge in [0.05, 0.1) is 0 Å². The lowest BCUT2D eigenvalue weighted by atomic mass is 10.00. The van der Waals surface area contributed by atoms with E-state index in [1.807, 2.05) is 0 Å². The Balaban J connectivity index is 1.55. The minimum Gasteiger partial charge on any atom is -0.381 e. The lowest BCUT2D eigenvalue weighted by molar-refractivity contribution is 0.108. The van der Waals surface area contributed by atoms with E-state index in [1.165, 1.54) is 51.5 Å². The van der Waals surface area contributed by atoms with Crippen molar-refractivity contribution in [1.29, 1.82) is 0 Å². The second-order valence-electron chi connectivity index (χ2n) is 5.56. The summed E-state index contributed by atoms with van der Waals surface area (Å²) >= 11 is 0. The second kappa shape index (κ2) is 6.61. The third-order valence-corrected chi connectivity index (χ3v) is 4.00. The first-order valence-electron chi connectivity index (χ1n) is 7.21. The van der Waals surface area contributed by atoms with Gasteiger partial charge in [0.2, 0.25) is 0 Å². The molecule has 1 N–H and O–H groups in total. The Bertz CT molecular complexity index is 191. The molecule has 2 aliphatic carbocycles. The fourth-order valence-corrected chi connectivity index (χ4v) is 2.75. The van der Waals surface area contributed by atoms with Crippen LogP contribution in [0.3, 0.4) is 0 Å². The Morgan fingerprint density at radius 3 is 2.81 bits per heavy atom. The van der Waals surface area contributed by atoms with Crippen molar-refractivity contribution in [3.63, 3.8) is 0 Å². The van der Waals surface area contributed by atoms with Crippen molar-refractivity contribution in [2.24, 2.45) is 11.8 Å². The molecule has 0 aromatic rings. The van der Waals surface area contributed by atoms with E-state index in [9.17, 15) is 0 Å². The van der Waals surface area contributed by atoms with E-state index < -0.39 is 0 Å². The van der Waals surface area contributed by atoms with Crippen molar-refractivity contribution in [1.82, 2.24) is 5.32 Å². The van der Waals surface area contributed by atoms with Gasteiger partial charge in [0.25, 0.3) is 0 Å². The Hall–Kier alpha value is -0.0800. The van der Waals surface area contributed by atoms with Gasteiger partial charge in [-0.05, 0) is 56.9 Å². The normalized spacial score (nSPS) is 29.8. The summed E-state index contributed by atoms with van der Waals surface area (Å²) in [4.78, 5) is 0. The van der Waals surface area contributed by atoms with Crippen molar-refractivity contribution in [2.75, 3.05) is 19.8 Å². The maximum atomic E-state index is 5.74. The van der Waals surface area contributed by atoms with Crippen LogP contribution in [-0.2, 0) is 4.74 Å². The smallest absolute Gasteiger partial charge is 0.0494 e. The van der Waals surface area contributed by atoms with Gasteiger partial charge in [-0.1, -0.05) is 13.3 Å². The van der Waals surface area contributed by atoms with Crippen LogP contribution in [0.25, 0.3) is 0 Å². The molecule has 2 saturated carbocycles. The summed E-state index contributed by atoms with van der Waals surface area (Å²) in [6.45, 7) is 5.45. The van der Waals surface area contributed by atoms with Gasteiger partial charge < -0.3 is 10.1 Å². The van der Waals surface area contributed by atoms with Crippen LogP contribution >= 0.6 is 0 Å². The fourth-order valence-electron chi connectivity index (χ4n) is 2.75. The molecule has 0 radical (unpaired) electrons. The van der Waals surface area contributed by atoms with Crippen molar-refractivity contribution in [3.8, 4) is 0 Å². The van der Waals surface area contributed by atoms with E-state index in [2.05, 4.69) is 12.2 Å². The van der Waals surface area contributed by atoms with Crippen molar-refractivity contribution in [3.05, 3.63) is 0 Å². The number of nitrogens with one attached hydrogen (secondary N) is 1. The van der Waals surface area contributed by atoms with Crippen molar-refractivity contribution < 1.29 is 4.74 Å². The van der Waals surface area contributed by atoms with Crippen molar-refractivity contribution >= 4 is 0 Å². The Morgan fingerprint density at radius 1 is 1.19 bits per heavy atom. The monoisotopic (exact) mass is 225 g/mol. The average molecular weight is 225 g/mol. The van der Waals surface area contributed by atoms with E-state index in [4.69, 9.17) is 4.74 Å². The van der Waals surface area contributed by atoms with Crippen LogP contribution < -0.4 is 5.32 Å². The molecule has 94 valence electrons. The van der Waals surface area contributed by atoms with Gasteiger partial charge >= 0.3 is 0 Å². The standard InChI is InChI=1S/C14H27NO/c1-2-9-15-14-5-3-4-13(14)8-10-16-11-12-6-7-12/h12-15H,2-11H2,1H3. The molecule has 0 aliphatic heterocycles. The highest BCUT2D eigenvalue weighted by atomic mass is 16.5. The number of hydrogen-bond donors (Lipinski definition) is 1. The van der Waals surface area contributed by atoms with E-state index in [-0.39, 0.29) is 0 Å². The molecule has 2 heteroatoms. The molecule has 0 heterocycles. The molecule has 2 nitrogen and oxygen atoms in total. The average Bonchev–Trinajstić information content (AvgIpc) is 3.01. The molecule has 2 fully saturated rings. The Kier molecular flexibility index (Phi) is 5.11. The lowest BCUT2D eigenvalue weighted by Crippen LogP contribution is -2.33. The van der Waals surface area contributed by atoms with Crippen LogP contribution in [0.15, 0.2) is 0 Å². The van der Waals surface area contributed by atoms with Gasteiger partial charge in [0.15, 0.2) is 0 Å². The first-order valence-corrected chi connectivity index (χ1v) is 7.21. The number of hydrogen-bond acceptors (Lipinski definition) is 2. The molecule has 16 heavy (non-hydrogen) atoms. The zero-order chi connectivity index (χ0) is 11.2. The molecule has 0 bridgehead atoms. The van der Waals surface area contributed by atoms with Gasteiger partial charge in [-0.15, -0.1) is 0 Å². The quantitative estimate of drug-likeness (QED) is 0.641. The summed E-state index contributed by atoms with van der Waals surface area (Å²) < 4.78 is 5.74. The van der Waals surface area contributed by atoms with Crippen LogP contribution in [0, 0.1) is 11.8 Å². The predicted octanol–water partition coefficient (Wildman–Crippen LogP) is 2.97. The van der Waals surface area contributed by atoms with E-state index in [1.54, 1.807) is 0 Å². The summed E-state index contributed by atoms with van der Waals surface area (Å²) in [5.41, 5.74) is 0. The molecule has 2 unspecified atom stereocenters. The molecular weight excluding hydrogens is 198 g/mol. The number of ether oxygens (including phenoxy) is 1. The molecule has 0 aromatic carbocycles. The molecule has 0 aromatic heterocycles. The minimum absolute atomic E-state index is 0.782. The largest absolute Gasteiger partial charge is 0.381 e. The fraction of sp³-hybridized carbons (Fsp3) is 1.00. The van der Waals surface area contributed by atoms with E-state index in [0.29, 0.717) is 0 Å². The highest BCUT2D eigenvalue weighted by molar-refractivity contribution is 4.83. The first kappa shape index (κ1) is 12.4. The van der Waals surface area contributed by atoms with Crippen LogP contribution in [0.5, 0.6) is 0 Å². The summed E-state index contributed by atoms with van der Waals surface area (Å²) in [5.74, 6) is 1.79. The molecule has 2 rings (SSSR count). The Morgan fingerprint density at radius 2 is 2.06 bits per heavy atom. The van der Waals surface area contributed by atoms with Crippen LogP contribution in [0.1, 0.15) is 51.9 Å². The van der Waals surface area contributed by atoms with Gasteiger partial charge in [-0.25, -0.2) is 0 Å². The van der Waals surface area contributed by atoms with Crippen LogP contribution in [-0.4, -0.2) is 25.8 Å². The molecule has 2 atom stereocenters. The van der Waals surface area contributed by atoms with E-state index >= 15 is 0 Å². The third kappa shape index (κ3) is 4.06. The van der Waals surface area contributed by atoms with Crippen LogP contribution in [0.4, 0.5) is 0 Å². The first-order chi connectivity index (χ1) is 7.90. The SMILES string of the molecule is CCCNC1CCCC1CCOCC1CC1. The highest BCUT2D eigenvalue weighted by Crippen LogP contribution is 2.30. The topological polar surface area (TPSA) is 21.3 Å². The molecule has 0 amide bonds. The zero-order valence-corrected chi connectivity index (χ0v) is 10.7. The van der Waals surface area contributed by atoms with Crippen molar-refractivity contribution in [2.45, 2.75) is 57.9 Å². The second-order valence-corrected chi connectivity index (χ2v) is 5.56. The predicted molar refractivity (Wildman–Crippen MR) is 67.6 cm³/mol. The Labute approximate surface area is 100 Å². The molecular formula is C14H27NO. The van der Waals surface area contributed by atoms with Gasteiger partial charge in [0.1, 0.15) is 0 Å². The maximum Gasteiger partial charge on any atom is 0.0494 e. The highest BCUT2D eigenvalue weighted by Gasteiger charge is 2.26. The zero-order valence-electron chi connectivity index (χ0n) is 10.7. The van der Waals surface area contributed by atoms with Gasteiger partial charge in [-0.3, -0.25) is 0 Å². The molecule has 0 spiro atoms.